The zero-order valence-corrected chi connectivity index (χ0v) is 12.1. The first kappa shape index (κ1) is 14.1. The molecule has 1 aromatic heterocycles. The van der Waals surface area contributed by atoms with Gasteiger partial charge in [0.05, 0.1) is 11.1 Å². The van der Waals surface area contributed by atoms with Crippen molar-refractivity contribution in [2.24, 2.45) is 0 Å². The monoisotopic (exact) mass is 306 g/mol. The van der Waals surface area contributed by atoms with Gasteiger partial charge in [0, 0.05) is 18.7 Å². The minimum atomic E-state index is -0.325. The maximum atomic E-state index is 12.6. The quantitative estimate of drug-likeness (QED) is 0.926. The standard InChI is InChI=1S/C15H15ClN2O3/c16-12-4-2-1-3-11(12)14-13(17-9-21-14)15(20)18-7-5-10(19)6-8-18/h1-4,9-10,19H,5-8H2. The van der Waals surface area contributed by atoms with Gasteiger partial charge in [0.25, 0.3) is 5.91 Å². The summed E-state index contributed by atoms with van der Waals surface area (Å²) in [6.45, 7) is 1.05. The molecule has 0 saturated carbocycles. The molecule has 6 heteroatoms. The van der Waals surface area contributed by atoms with Gasteiger partial charge in [-0.05, 0) is 25.0 Å². The maximum Gasteiger partial charge on any atom is 0.276 e. The topological polar surface area (TPSA) is 66.6 Å². The van der Waals surface area contributed by atoms with Crippen LogP contribution in [0.5, 0.6) is 0 Å². The highest BCUT2D eigenvalue weighted by molar-refractivity contribution is 6.33. The average molecular weight is 307 g/mol. The molecule has 2 aromatic rings. The molecule has 5 nitrogen and oxygen atoms in total. The number of aliphatic hydroxyl groups excluding tert-OH is 1. The zero-order valence-electron chi connectivity index (χ0n) is 11.3. The van der Waals surface area contributed by atoms with Gasteiger partial charge in [-0.25, -0.2) is 4.98 Å². The second-order valence-electron chi connectivity index (χ2n) is 5.03. The number of amides is 1. The van der Waals surface area contributed by atoms with Crippen molar-refractivity contribution in [3.63, 3.8) is 0 Å². The molecule has 0 spiro atoms. The highest BCUT2D eigenvalue weighted by atomic mass is 35.5. The van der Waals surface area contributed by atoms with Gasteiger partial charge in [-0.15, -0.1) is 0 Å². The molecule has 0 bridgehead atoms. The number of oxazole rings is 1. The molecular formula is C15H15ClN2O3. The molecule has 1 aromatic carbocycles. The number of carbonyl (C=O) groups is 1. The van der Waals surface area contributed by atoms with E-state index in [1.54, 1.807) is 17.0 Å². The summed E-state index contributed by atoms with van der Waals surface area (Å²) in [7, 11) is 0. The highest BCUT2D eigenvalue weighted by Crippen LogP contribution is 2.30. The average Bonchev–Trinajstić information content (AvgIpc) is 2.97. The lowest BCUT2D eigenvalue weighted by Crippen LogP contribution is -2.40. The van der Waals surface area contributed by atoms with Crippen LogP contribution < -0.4 is 0 Å². The Labute approximate surface area is 127 Å². The predicted molar refractivity (Wildman–Crippen MR) is 78.1 cm³/mol. The van der Waals surface area contributed by atoms with E-state index >= 15 is 0 Å². The maximum absolute atomic E-state index is 12.6. The van der Waals surface area contributed by atoms with Crippen molar-refractivity contribution in [2.45, 2.75) is 18.9 Å². The van der Waals surface area contributed by atoms with E-state index in [0.717, 1.165) is 0 Å². The van der Waals surface area contributed by atoms with Crippen molar-refractivity contribution in [2.75, 3.05) is 13.1 Å². The lowest BCUT2D eigenvalue weighted by atomic mass is 10.1. The van der Waals surface area contributed by atoms with E-state index in [0.29, 0.717) is 42.3 Å². The fourth-order valence-electron chi connectivity index (χ4n) is 2.45. The number of benzene rings is 1. The zero-order chi connectivity index (χ0) is 14.8. The van der Waals surface area contributed by atoms with E-state index in [-0.39, 0.29) is 17.7 Å². The van der Waals surface area contributed by atoms with Crippen molar-refractivity contribution in [3.05, 3.63) is 41.4 Å². The van der Waals surface area contributed by atoms with Gasteiger partial charge in [0.2, 0.25) is 0 Å². The number of hydrogen-bond donors (Lipinski definition) is 1. The van der Waals surface area contributed by atoms with Crippen LogP contribution in [0.2, 0.25) is 5.02 Å². The van der Waals surface area contributed by atoms with E-state index in [2.05, 4.69) is 4.98 Å². The molecule has 1 N–H and O–H groups in total. The molecule has 3 rings (SSSR count). The van der Waals surface area contributed by atoms with E-state index in [4.69, 9.17) is 16.0 Å². The number of likely N-dealkylation sites (tertiary alicyclic amines) is 1. The number of nitrogens with zero attached hydrogens (tertiary/aromatic N) is 2. The van der Waals surface area contributed by atoms with Gasteiger partial charge >= 0.3 is 0 Å². The lowest BCUT2D eigenvalue weighted by molar-refractivity contribution is 0.0542. The van der Waals surface area contributed by atoms with Crippen LogP contribution in [-0.4, -0.2) is 40.1 Å². The number of piperidine rings is 1. The Morgan fingerprint density at radius 3 is 2.76 bits per heavy atom. The van der Waals surface area contributed by atoms with Crippen LogP contribution in [0, 0.1) is 0 Å². The van der Waals surface area contributed by atoms with Gasteiger partial charge < -0.3 is 14.4 Å². The molecule has 1 saturated heterocycles. The first-order valence-electron chi connectivity index (χ1n) is 6.82. The van der Waals surface area contributed by atoms with Crippen LogP contribution in [-0.2, 0) is 0 Å². The second kappa shape index (κ2) is 5.87. The third kappa shape index (κ3) is 2.80. The van der Waals surface area contributed by atoms with Gasteiger partial charge in [-0.3, -0.25) is 4.79 Å². The van der Waals surface area contributed by atoms with Crippen molar-refractivity contribution in [1.29, 1.82) is 0 Å². The fourth-order valence-corrected chi connectivity index (χ4v) is 2.68. The van der Waals surface area contributed by atoms with E-state index < -0.39 is 0 Å². The summed E-state index contributed by atoms with van der Waals surface area (Å²) in [6, 6.07) is 7.18. The number of aromatic nitrogens is 1. The third-order valence-corrected chi connectivity index (χ3v) is 3.97. The summed E-state index contributed by atoms with van der Waals surface area (Å²) in [5, 5.41) is 10.0. The molecule has 0 atom stereocenters. The van der Waals surface area contributed by atoms with Gasteiger partial charge in [-0.2, -0.15) is 0 Å². The van der Waals surface area contributed by atoms with Crippen LogP contribution in [0.4, 0.5) is 0 Å². The molecule has 1 amide bonds. The largest absolute Gasteiger partial charge is 0.443 e. The van der Waals surface area contributed by atoms with Gasteiger partial charge in [0.1, 0.15) is 0 Å². The Hall–Kier alpha value is -1.85. The molecule has 110 valence electrons. The summed E-state index contributed by atoms with van der Waals surface area (Å²) >= 11 is 6.15. The molecule has 1 aliphatic heterocycles. The third-order valence-electron chi connectivity index (χ3n) is 3.64. The Kier molecular flexibility index (Phi) is 3.94. The van der Waals surface area contributed by atoms with Crippen molar-refractivity contribution in [3.8, 4) is 11.3 Å². The lowest BCUT2D eigenvalue weighted by Gasteiger charge is -2.29. The van der Waals surface area contributed by atoms with Crippen LogP contribution in [0.3, 0.4) is 0 Å². The normalized spacial score (nSPS) is 16.2. The molecule has 1 fully saturated rings. The van der Waals surface area contributed by atoms with Crippen LogP contribution >= 0.6 is 11.6 Å². The van der Waals surface area contributed by atoms with Crippen molar-refractivity contribution in [1.82, 2.24) is 9.88 Å². The number of carbonyl (C=O) groups excluding carboxylic acids is 1. The van der Waals surface area contributed by atoms with Gasteiger partial charge in [-0.1, -0.05) is 23.7 Å². The van der Waals surface area contributed by atoms with Crippen molar-refractivity contribution >= 4 is 17.5 Å². The summed E-state index contributed by atoms with van der Waals surface area (Å²) in [4.78, 5) is 18.3. The van der Waals surface area contributed by atoms with Crippen LogP contribution in [0.25, 0.3) is 11.3 Å². The summed E-state index contributed by atoms with van der Waals surface area (Å²) in [6.07, 6.45) is 2.11. The summed E-state index contributed by atoms with van der Waals surface area (Å²) in [5.74, 6) is 0.197. The summed E-state index contributed by atoms with van der Waals surface area (Å²) in [5.41, 5.74) is 0.913. The Morgan fingerprint density at radius 1 is 1.33 bits per heavy atom. The van der Waals surface area contributed by atoms with E-state index in [1.165, 1.54) is 6.39 Å². The molecule has 0 aliphatic carbocycles. The first-order chi connectivity index (χ1) is 10.2. The van der Waals surface area contributed by atoms with E-state index in [9.17, 15) is 9.90 Å². The molecule has 1 aliphatic rings. The minimum absolute atomic E-state index is 0.189. The molecular weight excluding hydrogens is 292 g/mol. The fraction of sp³-hybridized carbons (Fsp3) is 0.333. The molecule has 0 unspecified atom stereocenters. The molecule has 0 radical (unpaired) electrons. The number of hydrogen-bond acceptors (Lipinski definition) is 4. The number of aliphatic hydroxyl groups is 1. The smallest absolute Gasteiger partial charge is 0.276 e. The number of rotatable bonds is 2. The molecule has 21 heavy (non-hydrogen) atoms. The van der Waals surface area contributed by atoms with Crippen LogP contribution in [0.1, 0.15) is 23.3 Å². The minimum Gasteiger partial charge on any atom is -0.443 e. The second-order valence-corrected chi connectivity index (χ2v) is 5.44. The SMILES string of the molecule is O=C(c1ncoc1-c1ccccc1Cl)N1CCC(O)CC1. The van der Waals surface area contributed by atoms with E-state index in [1.807, 2.05) is 12.1 Å². The summed E-state index contributed by atoms with van der Waals surface area (Å²) < 4.78 is 5.37. The Balaban J connectivity index is 1.89. The Bertz CT molecular complexity index is 648. The molecule has 2 heterocycles. The van der Waals surface area contributed by atoms with Gasteiger partial charge in [0.15, 0.2) is 17.8 Å². The van der Waals surface area contributed by atoms with Crippen molar-refractivity contribution < 1.29 is 14.3 Å². The number of halogens is 1. The first-order valence-corrected chi connectivity index (χ1v) is 7.20. The predicted octanol–water partition coefficient (Wildman–Crippen LogP) is 2.59. The Morgan fingerprint density at radius 2 is 2.05 bits per heavy atom. The highest BCUT2D eigenvalue weighted by Gasteiger charge is 2.27. The van der Waals surface area contributed by atoms with Crippen LogP contribution in [0.15, 0.2) is 35.1 Å².